The maximum absolute atomic E-state index is 12.5. The Hall–Kier alpha value is -2.77. The van der Waals surface area contributed by atoms with Gasteiger partial charge < -0.3 is 5.32 Å². The zero-order chi connectivity index (χ0) is 15.7. The van der Waals surface area contributed by atoms with Gasteiger partial charge in [-0.3, -0.25) is 9.48 Å². The van der Waals surface area contributed by atoms with Gasteiger partial charge in [0.05, 0.1) is 6.04 Å². The number of hydrogen-bond donors (Lipinski definition) is 1. The van der Waals surface area contributed by atoms with Gasteiger partial charge in [-0.05, 0) is 12.0 Å². The number of amides is 1. The van der Waals surface area contributed by atoms with Gasteiger partial charge >= 0.3 is 0 Å². The molecule has 3 heterocycles. The number of nitrogens with one attached hydrogen (secondary N) is 1. The first-order valence-electron chi connectivity index (χ1n) is 7.01. The Morgan fingerprint density at radius 3 is 2.77 bits per heavy atom. The molecule has 0 saturated heterocycles. The molecular weight excluding hydrogens is 282 g/mol. The molecule has 3 aromatic rings. The van der Waals surface area contributed by atoms with Crippen LogP contribution in [-0.4, -0.2) is 35.3 Å². The molecular formula is C14H17N7O. The zero-order valence-electron chi connectivity index (χ0n) is 12.6. The van der Waals surface area contributed by atoms with E-state index in [1.807, 2.05) is 13.8 Å². The van der Waals surface area contributed by atoms with Gasteiger partial charge in [-0.15, -0.1) is 0 Å². The summed E-state index contributed by atoms with van der Waals surface area (Å²) in [4.78, 5) is 20.8. The van der Waals surface area contributed by atoms with Gasteiger partial charge in [0.1, 0.15) is 12.2 Å². The smallest absolute Gasteiger partial charge is 0.272 e. The van der Waals surface area contributed by atoms with Crippen LogP contribution in [0.2, 0.25) is 0 Å². The Bertz CT molecular complexity index is 771. The second-order valence-electron chi connectivity index (χ2n) is 5.39. The van der Waals surface area contributed by atoms with E-state index in [1.54, 1.807) is 40.8 Å². The minimum absolute atomic E-state index is 0.169. The Kier molecular flexibility index (Phi) is 3.58. The Labute approximate surface area is 127 Å². The molecule has 0 fully saturated rings. The second kappa shape index (κ2) is 5.55. The highest BCUT2D eigenvalue weighted by atomic mass is 16.2. The number of carbonyl (C=O) groups is 1. The molecule has 0 radical (unpaired) electrons. The number of aromatic nitrogens is 6. The fourth-order valence-electron chi connectivity index (χ4n) is 2.27. The predicted molar refractivity (Wildman–Crippen MR) is 79.0 cm³/mol. The molecule has 0 saturated carbocycles. The molecule has 114 valence electrons. The summed E-state index contributed by atoms with van der Waals surface area (Å²) in [6, 6.07) is 3.18. The first-order valence-corrected chi connectivity index (χ1v) is 7.01. The summed E-state index contributed by atoms with van der Waals surface area (Å²) in [5.41, 5.74) is 0.957. The van der Waals surface area contributed by atoms with Gasteiger partial charge in [-0.25, -0.2) is 14.5 Å². The summed E-state index contributed by atoms with van der Waals surface area (Å²) >= 11 is 0. The average Bonchev–Trinajstić information content (AvgIpc) is 3.10. The van der Waals surface area contributed by atoms with Crippen molar-refractivity contribution in [3.05, 3.63) is 42.4 Å². The van der Waals surface area contributed by atoms with Crippen LogP contribution in [-0.2, 0) is 7.05 Å². The molecule has 0 aliphatic carbocycles. The molecule has 22 heavy (non-hydrogen) atoms. The van der Waals surface area contributed by atoms with Crippen LogP contribution in [0, 0.1) is 5.92 Å². The molecule has 1 N–H and O–H groups in total. The summed E-state index contributed by atoms with van der Waals surface area (Å²) in [5, 5.41) is 11.3. The summed E-state index contributed by atoms with van der Waals surface area (Å²) in [7, 11) is 1.80. The molecule has 3 rings (SSSR count). The van der Waals surface area contributed by atoms with Crippen LogP contribution >= 0.6 is 0 Å². The Morgan fingerprint density at radius 1 is 1.32 bits per heavy atom. The third-order valence-corrected chi connectivity index (χ3v) is 3.45. The fraction of sp³-hybridized carbons (Fsp3) is 0.357. The first kappa shape index (κ1) is 14.2. The molecule has 3 aromatic heterocycles. The van der Waals surface area contributed by atoms with Gasteiger partial charge in [0, 0.05) is 25.5 Å². The lowest BCUT2D eigenvalue weighted by molar-refractivity contribution is 0.0916. The van der Waals surface area contributed by atoms with Crippen LogP contribution < -0.4 is 5.32 Å². The number of nitrogens with zero attached hydrogens (tertiary/aromatic N) is 6. The van der Waals surface area contributed by atoms with Crippen molar-refractivity contribution in [2.75, 3.05) is 0 Å². The lowest BCUT2D eigenvalue weighted by Crippen LogP contribution is -2.33. The van der Waals surface area contributed by atoms with Crippen molar-refractivity contribution >= 4 is 11.6 Å². The van der Waals surface area contributed by atoms with Crippen molar-refractivity contribution in [3.63, 3.8) is 0 Å². The van der Waals surface area contributed by atoms with E-state index >= 15 is 0 Å². The average molecular weight is 299 g/mol. The topological polar surface area (TPSA) is 90.0 Å². The molecule has 1 atom stereocenters. The summed E-state index contributed by atoms with van der Waals surface area (Å²) in [6.45, 7) is 4.04. The van der Waals surface area contributed by atoms with Crippen LogP contribution in [0.3, 0.4) is 0 Å². The van der Waals surface area contributed by atoms with Crippen LogP contribution in [0.5, 0.6) is 0 Å². The van der Waals surface area contributed by atoms with Gasteiger partial charge in [-0.1, -0.05) is 13.8 Å². The minimum Gasteiger partial charge on any atom is -0.340 e. The van der Waals surface area contributed by atoms with Crippen LogP contribution in [0.1, 0.15) is 36.2 Å². The maximum Gasteiger partial charge on any atom is 0.272 e. The van der Waals surface area contributed by atoms with E-state index in [9.17, 15) is 4.79 Å². The van der Waals surface area contributed by atoms with Crippen molar-refractivity contribution in [2.24, 2.45) is 13.0 Å². The van der Waals surface area contributed by atoms with Gasteiger partial charge in [0.25, 0.3) is 5.91 Å². The highest BCUT2D eigenvalue weighted by Gasteiger charge is 2.24. The molecule has 0 unspecified atom stereocenters. The van der Waals surface area contributed by atoms with Crippen molar-refractivity contribution in [2.45, 2.75) is 19.9 Å². The van der Waals surface area contributed by atoms with Crippen LogP contribution in [0.25, 0.3) is 5.65 Å². The van der Waals surface area contributed by atoms with Crippen LogP contribution in [0.15, 0.2) is 30.9 Å². The summed E-state index contributed by atoms with van der Waals surface area (Å²) in [5.74, 6) is 0.624. The number of aryl methyl sites for hydroxylation is 1. The highest BCUT2D eigenvalue weighted by molar-refractivity contribution is 5.93. The van der Waals surface area contributed by atoms with Crippen LogP contribution in [0.4, 0.5) is 0 Å². The van der Waals surface area contributed by atoms with E-state index in [4.69, 9.17) is 0 Å². The SMILES string of the molecule is CC(C)[C@@H](NC(=O)c1cc2ncccn2n1)c1ncnn1C. The minimum atomic E-state index is -0.257. The predicted octanol–water partition coefficient (Wildman–Crippen LogP) is 0.985. The lowest BCUT2D eigenvalue weighted by Gasteiger charge is -2.20. The van der Waals surface area contributed by atoms with Crippen molar-refractivity contribution < 1.29 is 4.79 Å². The number of carbonyl (C=O) groups excluding carboxylic acids is 1. The largest absolute Gasteiger partial charge is 0.340 e. The van der Waals surface area contributed by atoms with Gasteiger partial charge in [0.15, 0.2) is 11.3 Å². The molecule has 8 heteroatoms. The Balaban J connectivity index is 1.86. The maximum atomic E-state index is 12.5. The standard InChI is InChI=1S/C14H17N7O/c1-9(2)12(13-16-8-17-20(13)3)18-14(22)10-7-11-15-5-4-6-21(11)19-10/h4-9,12H,1-3H3,(H,18,22)/t12-/m1/s1. The molecule has 8 nitrogen and oxygen atoms in total. The third-order valence-electron chi connectivity index (χ3n) is 3.45. The molecule has 0 aliphatic heterocycles. The third kappa shape index (κ3) is 2.54. The normalized spacial score (nSPS) is 12.7. The van der Waals surface area contributed by atoms with Crippen molar-refractivity contribution in [1.82, 2.24) is 34.7 Å². The second-order valence-corrected chi connectivity index (χ2v) is 5.39. The molecule has 0 aliphatic rings. The quantitative estimate of drug-likeness (QED) is 0.775. The molecule has 0 aromatic carbocycles. The van der Waals surface area contributed by atoms with E-state index in [0.717, 1.165) is 0 Å². The highest BCUT2D eigenvalue weighted by Crippen LogP contribution is 2.19. The van der Waals surface area contributed by atoms with E-state index in [0.29, 0.717) is 17.2 Å². The molecule has 1 amide bonds. The van der Waals surface area contributed by atoms with E-state index in [-0.39, 0.29) is 17.9 Å². The molecule has 0 spiro atoms. The van der Waals surface area contributed by atoms with Gasteiger partial charge in [0.2, 0.25) is 0 Å². The Morgan fingerprint density at radius 2 is 2.14 bits per heavy atom. The zero-order valence-corrected chi connectivity index (χ0v) is 12.6. The monoisotopic (exact) mass is 299 g/mol. The van der Waals surface area contributed by atoms with E-state index in [1.165, 1.54) is 6.33 Å². The number of rotatable bonds is 4. The fourth-order valence-corrected chi connectivity index (χ4v) is 2.27. The van der Waals surface area contributed by atoms with Gasteiger partial charge in [-0.2, -0.15) is 10.2 Å². The summed E-state index contributed by atoms with van der Waals surface area (Å²) in [6.07, 6.45) is 4.89. The van der Waals surface area contributed by atoms with E-state index in [2.05, 4.69) is 25.5 Å². The van der Waals surface area contributed by atoms with Crippen molar-refractivity contribution in [1.29, 1.82) is 0 Å². The van der Waals surface area contributed by atoms with Crippen molar-refractivity contribution in [3.8, 4) is 0 Å². The van der Waals surface area contributed by atoms with E-state index < -0.39 is 0 Å². The molecule has 0 bridgehead atoms. The number of fused-ring (bicyclic) bond motifs is 1. The number of hydrogen-bond acceptors (Lipinski definition) is 5. The lowest BCUT2D eigenvalue weighted by atomic mass is 10.0. The first-order chi connectivity index (χ1) is 10.6. The summed E-state index contributed by atoms with van der Waals surface area (Å²) < 4.78 is 3.23.